The van der Waals surface area contributed by atoms with Crippen LogP contribution in [-0.4, -0.2) is 11.8 Å². The summed E-state index contributed by atoms with van der Waals surface area (Å²) in [5, 5.41) is 6.65. The SMILES string of the molecule is c1ccc2c(c1)NCSCN2. The summed E-state index contributed by atoms with van der Waals surface area (Å²) in [6.45, 7) is 0. The van der Waals surface area contributed by atoms with E-state index < -0.39 is 0 Å². The topological polar surface area (TPSA) is 24.1 Å². The maximum Gasteiger partial charge on any atom is 0.0629 e. The summed E-state index contributed by atoms with van der Waals surface area (Å²) in [6, 6.07) is 8.27. The monoisotopic (exact) mass is 166 g/mol. The van der Waals surface area contributed by atoms with Crippen molar-refractivity contribution in [3.63, 3.8) is 0 Å². The molecule has 0 atom stereocenters. The highest BCUT2D eigenvalue weighted by Crippen LogP contribution is 2.24. The second kappa shape index (κ2) is 3.05. The van der Waals surface area contributed by atoms with Gasteiger partial charge in [-0.3, -0.25) is 0 Å². The van der Waals surface area contributed by atoms with Gasteiger partial charge in [-0.05, 0) is 12.1 Å². The number of hydrogen-bond acceptors (Lipinski definition) is 3. The van der Waals surface area contributed by atoms with E-state index in [4.69, 9.17) is 0 Å². The molecule has 11 heavy (non-hydrogen) atoms. The van der Waals surface area contributed by atoms with Gasteiger partial charge in [0.2, 0.25) is 0 Å². The molecule has 0 amide bonds. The number of anilines is 2. The van der Waals surface area contributed by atoms with Crippen LogP contribution in [0.3, 0.4) is 0 Å². The lowest BCUT2D eigenvalue weighted by molar-refractivity contribution is 1.45. The van der Waals surface area contributed by atoms with Crippen molar-refractivity contribution in [3.8, 4) is 0 Å². The van der Waals surface area contributed by atoms with E-state index >= 15 is 0 Å². The average molecular weight is 166 g/mol. The normalized spacial score (nSPS) is 15.6. The van der Waals surface area contributed by atoms with Gasteiger partial charge in [-0.1, -0.05) is 12.1 Å². The second-order valence-electron chi connectivity index (χ2n) is 2.39. The fraction of sp³-hybridized carbons (Fsp3) is 0.250. The highest BCUT2D eigenvalue weighted by atomic mass is 32.2. The molecule has 0 saturated carbocycles. The number of fused-ring (bicyclic) bond motifs is 1. The third-order valence-corrected chi connectivity index (χ3v) is 2.35. The van der Waals surface area contributed by atoms with Crippen LogP contribution in [0.2, 0.25) is 0 Å². The third kappa shape index (κ3) is 1.43. The first-order valence-electron chi connectivity index (χ1n) is 3.61. The van der Waals surface area contributed by atoms with Gasteiger partial charge in [0.05, 0.1) is 23.1 Å². The van der Waals surface area contributed by atoms with Crippen molar-refractivity contribution < 1.29 is 0 Å². The lowest BCUT2D eigenvalue weighted by atomic mass is 10.3. The fourth-order valence-electron chi connectivity index (χ4n) is 1.10. The Morgan fingerprint density at radius 1 is 1.00 bits per heavy atom. The van der Waals surface area contributed by atoms with Crippen LogP contribution in [0.1, 0.15) is 0 Å². The molecule has 1 aromatic rings. The maximum atomic E-state index is 3.33. The van der Waals surface area contributed by atoms with Crippen LogP contribution < -0.4 is 10.6 Å². The van der Waals surface area contributed by atoms with Crippen LogP contribution in [0.5, 0.6) is 0 Å². The Bertz CT molecular complexity index is 225. The minimum absolute atomic E-state index is 0.990. The molecule has 58 valence electrons. The van der Waals surface area contributed by atoms with E-state index in [9.17, 15) is 0 Å². The number of nitrogens with one attached hydrogen (secondary N) is 2. The summed E-state index contributed by atoms with van der Waals surface area (Å²) in [6.07, 6.45) is 0. The molecule has 2 rings (SSSR count). The zero-order chi connectivity index (χ0) is 7.52. The summed E-state index contributed by atoms with van der Waals surface area (Å²) in [5.74, 6) is 1.98. The van der Waals surface area contributed by atoms with Crippen molar-refractivity contribution >= 4 is 23.1 Å². The zero-order valence-corrected chi connectivity index (χ0v) is 6.95. The van der Waals surface area contributed by atoms with Crippen molar-refractivity contribution in [1.29, 1.82) is 0 Å². The van der Waals surface area contributed by atoms with Crippen LogP contribution >= 0.6 is 11.8 Å². The van der Waals surface area contributed by atoms with E-state index in [-0.39, 0.29) is 0 Å². The maximum absolute atomic E-state index is 3.33. The molecule has 0 spiro atoms. The molecular weight excluding hydrogens is 156 g/mol. The van der Waals surface area contributed by atoms with Crippen molar-refractivity contribution in [2.75, 3.05) is 22.4 Å². The summed E-state index contributed by atoms with van der Waals surface area (Å²) >= 11 is 1.85. The molecule has 0 bridgehead atoms. The van der Waals surface area contributed by atoms with Crippen LogP contribution in [0, 0.1) is 0 Å². The van der Waals surface area contributed by atoms with E-state index in [1.807, 2.05) is 23.9 Å². The quantitative estimate of drug-likeness (QED) is 0.617. The van der Waals surface area contributed by atoms with Gasteiger partial charge in [0, 0.05) is 0 Å². The third-order valence-electron chi connectivity index (χ3n) is 1.66. The molecular formula is C8H10N2S. The number of para-hydroxylation sites is 2. The Morgan fingerprint density at radius 3 is 2.09 bits per heavy atom. The summed E-state index contributed by atoms with van der Waals surface area (Å²) in [5.41, 5.74) is 2.41. The van der Waals surface area contributed by atoms with Gasteiger partial charge in [-0.15, -0.1) is 11.8 Å². The van der Waals surface area contributed by atoms with Gasteiger partial charge in [-0.25, -0.2) is 0 Å². The molecule has 1 aliphatic heterocycles. The Hall–Kier alpha value is -0.830. The lowest BCUT2D eigenvalue weighted by Gasteiger charge is -2.05. The van der Waals surface area contributed by atoms with Crippen molar-refractivity contribution in [2.24, 2.45) is 0 Å². The Labute approximate surface area is 70.4 Å². The van der Waals surface area contributed by atoms with E-state index in [0.717, 1.165) is 11.8 Å². The first-order valence-corrected chi connectivity index (χ1v) is 4.77. The molecule has 0 unspecified atom stereocenters. The number of benzene rings is 1. The first kappa shape index (κ1) is 6.85. The average Bonchev–Trinajstić information content (AvgIpc) is 2.28. The van der Waals surface area contributed by atoms with Gasteiger partial charge < -0.3 is 10.6 Å². The van der Waals surface area contributed by atoms with Gasteiger partial charge in [0.15, 0.2) is 0 Å². The highest BCUT2D eigenvalue weighted by Gasteiger charge is 2.03. The van der Waals surface area contributed by atoms with E-state index in [2.05, 4.69) is 22.8 Å². The second-order valence-corrected chi connectivity index (χ2v) is 3.38. The summed E-state index contributed by atoms with van der Waals surface area (Å²) in [4.78, 5) is 0. The van der Waals surface area contributed by atoms with Crippen molar-refractivity contribution in [3.05, 3.63) is 24.3 Å². The van der Waals surface area contributed by atoms with Crippen LogP contribution in [0.25, 0.3) is 0 Å². The molecule has 0 radical (unpaired) electrons. The Balaban J connectivity index is 2.33. The molecule has 1 aliphatic rings. The lowest BCUT2D eigenvalue weighted by Crippen LogP contribution is -1.95. The van der Waals surface area contributed by atoms with Crippen molar-refractivity contribution in [2.45, 2.75) is 0 Å². The van der Waals surface area contributed by atoms with Gasteiger partial charge in [0.1, 0.15) is 0 Å². The first-order chi connectivity index (χ1) is 5.47. The number of rotatable bonds is 0. The summed E-state index contributed by atoms with van der Waals surface area (Å²) < 4.78 is 0. The Morgan fingerprint density at radius 2 is 1.55 bits per heavy atom. The number of thioether (sulfide) groups is 1. The van der Waals surface area contributed by atoms with Crippen molar-refractivity contribution in [1.82, 2.24) is 0 Å². The minimum Gasteiger partial charge on any atom is -0.374 e. The van der Waals surface area contributed by atoms with Gasteiger partial charge >= 0.3 is 0 Å². The van der Waals surface area contributed by atoms with Crippen LogP contribution in [0.15, 0.2) is 24.3 Å². The smallest absolute Gasteiger partial charge is 0.0629 e. The minimum atomic E-state index is 0.990. The predicted octanol–water partition coefficient (Wildman–Crippen LogP) is 2.17. The molecule has 0 saturated heterocycles. The molecule has 2 N–H and O–H groups in total. The molecule has 3 heteroatoms. The molecule has 1 heterocycles. The van der Waals surface area contributed by atoms with E-state index in [1.165, 1.54) is 11.4 Å². The fourth-order valence-corrected chi connectivity index (χ4v) is 1.72. The largest absolute Gasteiger partial charge is 0.374 e. The van der Waals surface area contributed by atoms with E-state index in [0.29, 0.717) is 0 Å². The summed E-state index contributed by atoms with van der Waals surface area (Å²) in [7, 11) is 0. The van der Waals surface area contributed by atoms with Crippen LogP contribution in [-0.2, 0) is 0 Å². The molecule has 0 fully saturated rings. The number of hydrogen-bond donors (Lipinski definition) is 2. The zero-order valence-electron chi connectivity index (χ0n) is 6.13. The van der Waals surface area contributed by atoms with Crippen LogP contribution in [0.4, 0.5) is 11.4 Å². The molecule has 0 aliphatic carbocycles. The Kier molecular flexibility index (Phi) is 1.90. The van der Waals surface area contributed by atoms with E-state index in [1.54, 1.807) is 0 Å². The molecule has 2 nitrogen and oxygen atoms in total. The molecule has 0 aromatic heterocycles. The predicted molar refractivity (Wildman–Crippen MR) is 51.0 cm³/mol. The molecule has 1 aromatic carbocycles. The highest BCUT2D eigenvalue weighted by molar-refractivity contribution is 7.99. The van der Waals surface area contributed by atoms with Gasteiger partial charge in [0.25, 0.3) is 0 Å². The standard InChI is InChI=1S/C8H10N2S/c1-2-4-8-7(3-1)9-5-11-6-10-8/h1-4,9-10H,5-6H2. The van der Waals surface area contributed by atoms with Gasteiger partial charge in [-0.2, -0.15) is 0 Å².